The predicted molar refractivity (Wildman–Crippen MR) is 116 cm³/mol. The van der Waals surface area contributed by atoms with Gasteiger partial charge in [0.05, 0.1) is 5.69 Å². The van der Waals surface area contributed by atoms with E-state index in [0.717, 1.165) is 11.3 Å². The Morgan fingerprint density at radius 3 is 2.26 bits per heavy atom. The minimum Gasteiger partial charge on any atom is -0.318 e. The molecular formula is C25H24N2. The summed E-state index contributed by atoms with van der Waals surface area (Å²) in [5, 5.41) is 2.40. The van der Waals surface area contributed by atoms with Crippen molar-refractivity contribution >= 4 is 22.7 Å². The van der Waals surface area contributed by atoms with Crippen molar-refractivity contribution in [3.8, 4) is 5.69 Å². The summed E-state index contributed by atoms with van der Waals surface area (Å²) in [6, 6.07) is 23.5. The highest BCUT2D eigenvalue weighted by molar-refractivity contribution is 5.95. The average Bonchev–Trinajstić information content (AvgIpc) is 2.92. The molecule has 2 nitrogen and oxygen atoms in total. The largest absolute Gasteiger partial charge is 0.318 e. The Morgan fingerprint density at radius 1 is 0.778 bits per heavy atom. The van der Waals surface area contributed by atoms with Gasteiger partial charge in [-0.25, -0.2) is 0 Å². The van der Waals surface area contributed by atoms with Gasteiger partial charge in [0.25, 0.3) is 0 Å². The van der Waals surface area contributed by atoms with Crippen LogP contribution in [0.2, 0.25) is 0 Å². The van der Waals surface area contributed by atoms with E-state index in [4.69, 9.17) is 4.99 Å². The molecule has 0 spiro atoms. The maximum Gasteiger partial charge on any atom is 0.0708 e. The minimum absolute atomic E-state index is 1.00. The monoisotopic (exact) mass is 352 g/mol. The van der Waals surface area contributed by atoms with Crippen molar-refractivity contribution in [3.05, 3.63) is 94.8 Å². The zero-order valence-electron chi connectivity index (χ0n) is 16.3. The van der Waals surface area contributed by atoms with E-state index in [1.54, 1.807) is 0 Å². The third kappa shape index (κ3) is 3.31. The van der Waals surface area contributed by atoms with Gasteiger partial charge in [-0.1, -0.05) is 42.5 Å². The summed E-state index contributed by atoms with van der Waals surface area (Å²) >= 11 is 0. The van der Waals surface area contributed by atoms with Crippen LogP contribution in [0.4, 0.5) is 5.69 Å². The second-order valence-electron chi connectivity index (χ2n) is 7.26. The number of hydrogen-bond acceptors (Lipinski definition) is 1. The second kappa shape index (κ2) is 6.88. The summed E-state index contributed by atoms with van der Waals surface area (Å²) in [4.78, 5) is 4.81. The van der Waals surface area contributed by atoms with E-state index >= 15 is 0 Å². The number of rotatable bonds is 3. The van der Waals surface area contributed by atoms with Crippen LogP contribution in [0.5, 0.6) is 0 Å². The van der Waals surface area contributed by atoms with E-state index in [9.17, 15) is 0 Å². The molecule has 0 unspecified atom stereocenters. The highest BCUT2D eigenvalue weighted by Gasteiger charge is 2.10. The Balaban J connectivity index is 1.76. The molecule has 27 heavy (non-hydrogen) atoms. The molecule has 0 fully saturated rings. The van der Waals surface area contributed by atoms with Gasteiger partial charge in [0.15, 0.2) is 0 Å². The van der Waals surface area contributed by atoms with Crippen molar-refractivity contribution in [1.82, 2.24) is 4.57 Å². The van der Waals surface area contributed by atoms with Crippen LogP contribution in [0.3, 0.4) is 0 Å². The van der Waals surface area contributed by atoms with Crippen LogP contribution in [0, 0.1) is 27.7 Å². The van der Waals surface area contributed by atoms with Gasteiger partial charge in [0.1, 0.15) is 0 Å². The predicted octanol–water partition coefficient (Wildman–Crippen LogP) is 6.61. The lowest BCUT2D eigenvalue weighted by molar-refractivity contribution is 0.960. The first-order chi connectivity index (χ1) is 13.0. The van der Waals surface area contributed by atoms with Gasteiger partial charge in [-0.15, -0.1) is 0 Å². The first kappa shape index (κ1) is 17.3. The average molecular weight is 352 g/mol. The van der Waals surface area contributed by atoms with E-state index in [1.165, 1.54) is 39.0 Å². The molecule has 1 aromatic heterocycles. The fourth-order valence-electron chi connectivity index (χ4n) is 3.86. The highest BCUT2D eigenvalue weighted by Crippen LogP contribution is 2.26. The summed E-state index contributed by atoms with van der Waals surface area (Å²) < 4.78 is 2.31. The molecule has 0 saturated carbocycles. The quantitative estimate of drug-likeness (QED) is 0.369. The zero-order valence-corrected chi connectivity index (χ0v) is 16.3. The Hall–Kier alpha value is -3.13. The Kier molecular flexibility index (Phi) is 4.41. The first-order valence-corrected chi connectivity index (χ1v) is 9.32. The number of aryl methyl sites for hydroxylation is 3. The van der Waals surface area contributed by atoms with Gasteiger partial charge in [-0.2, -0.15) is 0 Å². The summed E-state index contributed by atoms with van der Waals surface area (Å²) in [7, 11) is 0. The van der Waals surface area contributed by atoms with Crippen LogP contribution in [0.15, 0.2) is 71.7 Å². The molecule has 134 valence electrons. The zero-order chi connectivity index (χ0) is 19.0. The SMILES string of the molecule is Cc1cc(C)cc(-n2c(C)cc(C=Nc3cccc4ccccc34)c2C)c1. The van der Waals surface area contributed by atoms with Crippen molar-refractivity contribution in [2.75, 3.05) is 0 Å². The van der Waals surface area contributed by atoms with Gasteiger partial charge in [0.2, 0.25) is 0 Å². The number of aromatic nitrogens is 1. The number of nitrogens with zero attached hydrogens (tertiary/aromatic N) is 2. The van der Waals surface area contributed by atoms with Gasteiger partial charge in [-0.05, 0) is 68.5 Å². The van der Waals surface area contributed by atoms with Crippen LogP contribution in [0.1, 0.15) is 28.1 Å². The molecule has 0 amide bonds. The molecule has 1 heterocycles. The highest BCUT2D eigenvalue weighted by atomic mass is 15.0. The molecule has 0 aliphatic rings. The second-order valence-corrected chi connectivity index (χ2v) is 7.26. The Bertz CT molecular complexity index is 1140. The van der Waals surface area contributed by atoms with Crippen LogP contribution < -0.4 is 0 Å². The summed E-state index contributed by atoms with van der Waals surface area (Å²) in [5.74, 6) is 0. The lowest BCUT2D eigenvalue weighted by Gasteiger charge is -2.11. The van der Waals surface area contributed by atoms with Crippen molar-refractivity contribution < 1.29 is 0 Å². The Labute approximate surface area is 160 Å². The minimum atomic E-state index is 1.00. The van der Waals surface area contributed by atoms with Crippen molar-refractivity contribution in [2.45, 2.75) is 27.7 Å². The molecule has 4 aromatic rings. The Morgan fingerprint density at radius 2 is 1.48 bits per heavy atom. The van der Waals surface area contributed by atoms with Crippen LogP contribution in [-0.2, 0) is 0 Å². The molecule has 0 atom stereocenters. The molecule has 0 aliphatic heterocycles. The normalized spacial score (nSPS) is 11.6. The molecule has 3 aromatic carbocycles. The third-order valence-electron chi connectivity index (χ3n) is 5.04. The summed E-state index contributed by atoms with van der Waals surface area (Å²) in [5.41, 5.74) is 8.36. The van der Waals surface area contributed by atoms with Crippen LogP contribution in [0.25, 0.3) is 16.5 Å². The molecule has 4 rings (SSSR count). The van der Waals surface area contributed by atoms with E-state index in [1.807, 2.05) is 6.21 Å². The molecular weight excluding hydrogens is 328 g/mol. The van der Waals surface area contributed by atoms with Crippen molar-refractivity contribution in [2.24, 2.45) is 4.99 Å². The smallest absolute Gasteiger partial charge is 0.0708 e. The standard InChI is InChI=1S/C25H24N2/c1-17-12-18(2)14-23(13-17)27-19(3)15-22(20(27)4)16-26-25-11-7-9-21-8-5-6-10-24(21)25/h5-16H,1-4H3. The van der Waals surface area contributed by atoms with E-state index in [-0.39, 0.29) is 0 Å². The summed E-state index contributed by atoms with van der Waals surface area (Å²) in [6.07, 6.45) is 1.99. The first-order valence-electron chi connectivity index (χ1n) is 9.32. The van der Waals surface area contributed by atoms with Gasteiger partial charge >= 0.3 is 0 Å². The van der Waals surface area contributed by atoms with Gasteiger partial charge in [0, 0.05) is 34.2 Å². The molecule has 0 radical (unpaired) electrons. The van der Waals surface area contributed by atoms with E-state index in [2.05, 4.69) is 99.0 Å². The topological polar surface area (TPSA) is 17.3 Å². The van der Waals surface area contributed by atoms with Gasteiger partial charge in [-0.3, -0.25) is 4.99 Å². The molecule has 2 heteroatoms. The maximum absolute atomic E-state index is 4.81. The van der Waals surface area contributed by atoms with Gasteiger partial charge < -0.3 is 4.57 Å². The lowest BCUT2D eigenvalue weighted by Crippen LogP contribution is -2.00. The fourth-order valence-corrected chi connectivity index (χ4v) is 3.86. The number of aliphatic imine (C=N–C) groups is 1. The number of hydrogen-bond donors (Lipinski definition) is 0. The van der Waals surface area contributed by atoms with Crippen molar-refractivity contribution in [1.29, 1.82) is 0 Å². The van der Waals surface area contributed by atoms with Crippen molar-refractivity contribution in [3.63, 3.8) is 0 Å². The summed E-state index contributed by atoms with van der Waals surface area (Å²) in [6.45, 7) is 8.61. The molecule has 0 saturated heterocycles. The van der Waals surface area contributed by atoms with Crippen LogP contribution in [-0.4, -0.2) is 10.8 Å². The maximum atomic E-state index is 4.81. The third-order valence-corrected chi connectivity index (χ3v) is 5.04. The van der Waals surface area contributed by atoms with E-state index in [0.29, 0.717) is 0 Å². The van der Waals surface area contributed by atoms with Crippen LogP contribution >= 0.6 is 0 Å². The van der Waals surface area contributed by atoms with E-state index < -0.39 is 0 Å². The number of fused-ring (bicyclic) bond motifs is 1. The fraction of sp³-hybridized carbons (Fsp3) is 0.160. The molecule has 0 aliphatic carbocycles. The number of benzene rings is 3. The molecule has 0 bridgehead atoms. The lowest BCUT2D eigenvalue weighted by atomic mass is 10.1. The molecule has 0 N–H and O–H groups in total.